The molecule has 2 N–H and O–H groups in total. The first-order valence-electron chi connectivity index (χ1n) is 4.63. The highest BCUT2D eigenvalue weighted by Crippen LogP contribution is 2.09. The van der Waals surface area contributed by atoms with Crippen LogP contribution in [0.15, 0.2) is 17.5 Å². The summed E-state index contributed by atoms with van der Waals surface area (Å²) in [5, 5.41) is 2.06. The van der Waals surface area contributed by atoms with Gasteiger partial charge in [-0.1, -0.05) is 6.07 Å². The largest absolute Gasteiger partial charge is 0.368 e. The van der Waals surface area contributed by atoms with Crippen LogP contribution in [0.2, 0.25) is 0 Å². The number of nitrogens with zero attached hydrogens (tertiary/aromatic N) is 1. The van der Waals surface area contributed by atoms with E-state index in [-0.39, 0.29) is 11.9 Å². The number of amides is 1. The molecule has 0 spiro atoms. The van der Waals surface area contributed by atoms with E-state index in [1.54, 1.807) is 11.3 Å². The Morgan fingerprint density at radius 2 is 2.43 bits per heavy atom. The van der Waals surface area contributed by atoms with Crippen molar-refractivity contribution in [2.75, 3.05) is 13.6 Å². The molecular weight excluding hydrogens is 196 g/mol. The summed E-state index contributed by atoms with van der Waals surface area (Å²) in [6.07, 6.45) is 0.978. The van der Waals surface area contributed by atoms with E-state index in [0.717, 1.165) is 13.0 Å². The summed E-state index contributed by atoms with van der Waals surface area (Å²) in [4.78, 5) is 14.2. The quantitative estimate of drug-likeness (QED) is 0.794. The van der Waals surface area contributed by atoms with Gasteiger partial charge in [0, 0.05) is 11.4 Å². The molecule has 1 aromatic heterocycles. The molecule has 14 heavy (non-hydrogen) atoms. The number of rotatable bonds is 5. The predicted molar refractivity (Wildman–Crippen MR) is 59.3 cm³/mol. The molecule has 1 heterocycles. The molecule has 0 saturated heterocycles. The van der Waals surface area contributed by atoms with Gasteiger partial charge in [0.15, 0.2) is 0 Å². The number of nitrogens with two attached hydrogens (primary N) is 1. The van der Waals surface area contributed by atoms with E-state index in [4.69, 9.17) is 5.73 Å². The second kappa shape index (κ2) is 5.12. The van der Waals surface area contributed by atoms with E-state index in [1.807, 2.05) is 24.9 Å². The first-order chi connectivity index (χ1) is 6.61. The molecular formula is C10H16N2OS. The molecule has 1 atom stereocenters. The van der Waals surface area contributed by atoms with E-state index in [2.05, 4.69) is 11.4 Å². The van der Waals surface area contributed by atoms with Gasteiger partial charge in [0.2, 0.25) is 5.91 Å². The SMILES string of the molecule is CC(C(N)=O)N(C)CCc1cccs1. The van der Waals surface area contributed by atoms with E-state index >= 15 is 0 Å². The third-order valence-corrected chi connectivity index (χ3v) is 3.30. The van der Waals surface area contributed by atoms with Gasteiger partial charge in [-0.2, -0.15) is 0 Å². The van der Waals surface area contributed by atoms with Crippen molar-refractivity contribution >= 4 is 17.2 Å². The van der Waals surface area contributed by atoms with Gasteiger partial charge < -0.3 is 5.73 Å². The highest BCUT2D eigenvalue weighted by atomic mass is 32.1. The van der Waals surface area contributed by atoms with Gasteiger partial charge >= 0.3 is 0 Å². The minimum absolute atomic E-state index is 0.185. The van der Waals surface area contributed by atoms with Crippen molar-refractivity contribution in [1.82, 2.24) is 4.90 Å². The van der Waals surface area contributed by atoms with Crippen molar-refractivity contribution in [2.24, 2.45) is 5.73 Å². The van der Waals surface area contributed by atoms with Crippen LogP contribution in [0, 0.1) is 0 Å². The third-order valence-electron chi connectivity index (χ3n) is 2.36. The molecule has 3 nitrogen and oxygen atoms in total. The maximum Gasteiger partial charge on any atom is 0.234 e. The smallest absolute Gasteiger partial charge is 0.234 e. The van der Waals surface area contributed by atoms with Gasteiger partial charge in [0.25, 0.3) is 0 Å². The van der Waals surface area contributed by atoms with Gasteiger partial charge in [-0.15, -0.1) is 11.3 Å². The van der Waals surface area contributed by atoms with Crippen LogP contribution in [0.4, 0.5) is 0 Å². The van der Waals surface area contributed by atoms with E-state index in [0.29, 0.717) is 0 Å². The van der Waals surface area contributed by atoms with Crippen LogP contribution in [0.3, 0.4) is 0 Å². The number of likely N-dealkylation sites (N-methyl/N-ethyl adjacent to an activating group) is 1. The zero-order chi connectivity index (χ0) is 10.6. The van der Waals surface area contributed by atoms with Crippen LogP contribution < -0.4 is 5.73 Å². The first-order valence-corrected chi connectivity index (χ1v) is 5.51. The molecule has 1 unspecified atom stereocenters. The number of carbonyl (C=O) groups is 1. The lowest BCUT2D eigenvalue weighted by Crippen LogP contribution is -2.41. The first kappa shape index (κ1) is 11.2. The van der Waals surface area contributed by atoms with Gasteiger partial charge in [0.1, 0.15) is 0 Å². The Balaban J connectivity index is 2.34. The van der Waals surface area contributed by atoms with Crippen LogP contribution in [-0.4, -0.2) is 30.4 Å². The lowest BCUT2D eigenvalue weighted by atomic mass is 10.2. The number of carbonyl (C=O) groups excluding carboxylic acids is 1. The Hall–Kier alpha value is -0.870. The fourth-order valence-electron chi connectivity index (χ4n) is 1.15. The molecule has 78 valence electrons. The lowest BCUT2D eigenvalue weighted by molar-refractivity contribution is -0.122. The molecule has 1 aromatic rings. The molecule has 0 aromatic carbocycles. The molecule has 0 fully saturated rings. The molecule has 0 aliphatic carbocycles. The minimum Gasteiger partial charge on any atom is -0.368 e. The van der Waals surface area contributed by atoms with Gasteiger partial charge in [-0.3, -0.25) is 9.69 Å². The molecule has 0 radical (unpaired) electrons. The minimum atomic E-state index is -0.265. The van der Waals surface area contributed by atoms with Crippen LogP contribution in [-0.2, 0) is 11.2 Å². The topological polar surface area (TPSA) is 46.3 Å². The second-order valence-corrected chi connectivity index (χ2v) is 4.42. The maximum atomic E-state index is 10.9. The van der Waals surface area contributed by atoms with Crippen LogP contribution >= 0.6 is 11.3 Å². The van der Waals surface area contributed by atoms with E-state index in [9.17, 15) is 4.79 Å². The summed E-state index contributed by atoms with van der Waals surface area (Å²) in [5.41, 5.74) is 5.21. The normalized spacial score (nSPS) is 13.1. The van der Waals surface area contributed by atoms with Gasteiger partial charge in [-0.05, 0) is 31.8 Å². The van der Waals surface area contributed by atoms with Crippen molar-refractivity contribution in [1.29, 1.82) is 0 Å². The predicted octanol–water partition coefficient (Wildman–Crippen LogP) is 1.10. The highest BCUT2D eigenvalue weighted by Gasteiger charge is 2.13. The molecule has 0 aliphatic heterocycles. The zero-order valence-electron chi connectivity index (χ0n) is 8.56. The highest BCUT2D eigenvalue weighted by molar-refractivity contribution is 7.09. The summed E-state index contributed by atoms with van der Waals surface area (Å²) in [6.45, 7) is 2.70. The van der Waals surface area contributed by atoms with Crippen LogP contribution in [0.25, 0.3) is 0 Å². The fourth-order valence-corrected chi connectivity index (χ4v) is 1.85. The Morgan fingerprint density at radius 1 is 1.71 bits per heavy atom. The average molecular weight is 212 g/mol. The van der Waals surface area contributed by atoms with E-state index in [1.165, 1.54) is 4.88 Å². The Kier molecular flexibility index (Phi) is 4.10. The summed E-state index contributed by atoms with van der Waals surface area (Å²) >= 11 is 1.74. The monoisotopic (exact) mass is 212 g/mol. The van der Waals surface area contributed by atoms with Crippen molar-refractivity contribution in [3.8, 4) is 0 Å². The molecule has 1 amide bonds. The van der Waals surface area contributed by atoms with E-state index < -0.39 is 0 Å². The van der Waals surface area contributed by atoms with Crippen molar-refractivity contribution < 1.29 is 4.79 Å². The van der Waals surface area contributed by atoms with Crippen molar-refractivity contribution in [2.45, 2.75) is 19.4 Å². The zero-order valence-corrected chi connectivity index (χ0v) is 9.38. The van der Waals surface area contributed by atoms with Crippen LogP contribution in [0.1, 0.15) is 11.8 Å². The molecule has 0 aliphatic rings. The number of thiophene rings is 1. The van der Waals surface area contributed by atoms with Crippen molar-refractivity contribution in [3.05, 3.63) is 22.4 Å². The number of hydrogen-bond donors (Lipinski definition) is 1. The van der Waals surface area contributed by atoms with Crippen molar-refractivity contribution in [3.63, 3.8) is 0 Å². The molecule has 0 saturated carbocycles. The lowest BCUT2D eigenvalue weighted by Gasteiger charge is -2.21. The standard InChI is InChI=1S/C10H16N2OS/c1-8(10(11)13)12(2)6-5-9-4-3-7-14-9/h3-4,7-8H,5-6H2,1-2H3,(H2,11,13). The van der Waals surface area contributed by atoms with Gasteiger partial charge in [0.05, 0.1) is 6.04 Å². The summed E-state index contributed by atoms with van der Waals surface area (Å²) < 4.78 is 0. The average Bonchev–Trinajstić information content (AvgIpc) is 2.65. The molecule has 0 bridgehead atoms. The number of primary amides is 1. The maximum absolute atomic E-state index is 10.9. The number of hydrogen-bond acceptors (Lipinski definition) is 3. The Bertz CT molecular complexity index is 284. The Morgan fingerprint density at radius 3 is 2.93 bits per heavy atom. The van der Waals surface area contributed by atoms with Gasteiger partial charge in [-0.25, -0.2) is 0 Å². The second-order valence-electron chi connectivity index (χ2n) is 3.39. The molecule has 4 heteroatoms. The fraction of sp³-hybridized carbons (Fsp3) is 0.500. The van der Waals surface area contributed by atoms with Crippen LogP contribution in [0.5, 0.6) is 0 Å². The third kappa shape index (κ3) is 3.12. The summed E-state index contributed by atoms with van der Waals surface area (Å²) in [6, 6.07) is 3.96. The Labute approximate surface area is 88.5 Å². The summed E-state index contributed by atoms with van der Waals surface area (Å²) in [7, 11) is 1.92. The summed E-state index contributed by atoms with van der Waals surface area (Å²) in [5.74, 6) is -0.265. The molecule has 1 rings (SSSR count).